The monoisotopic (exact) mass is 1950 g/mol. The van der Waals surface area contributed by atoms with E-state index in [1.54, 1.807) is 45.3 Å². The van der Waals surface area contributed by atoms with Gasteiger partial charge in [0, 0.05) is 116 Å². The van der Waals surface area contributed by atoms with E-state index in [1.807, 2.05) is 68.0 Å². The van der Waals surface area contributed by atoms with E-state index in [9.17, 15) is 0 Å². The molecule has 0 aliphatic carbocycles. The first-order valence-corrected chi connectivity index (χ1v) is 59.8. The highest BCUT2D eigenvalue weighted by Crippen LogP contribution is 2.59. The summed E-state index contributed by atoms with van der Waals surface area (Å²) in [6, 6.07) is 37.7. The van der Waals surface area contributed by atoms with Gasteiger partial charge in [-0.3, -0.25) is 19.2 Å². The molecule has 0 spiro atoms. The Balaban J connectivity index is 0.903. The van der Waals surface area contributed by atoms with Crippen LogP contribution in [0.5, 0.6) is 0 Å². The van der Waals surface area contributed by atoms with Gasteiger partial charge in [0.05, 0.1) is 64.6 Å². The van der Waals surface area contributed by atoms with Crippen molar-refractivity contribution in [3.05, 3.63) is 171 Å². The van der Waals surface area contributed by atoms with Crippen LogP contribution in [0.15, 0.2) is 130 Å². The number of benzene rings is 1. The number of nitrogens with zero attached hydrogens (tertiary/aromatic N) is 4. The molecule has 8 nitrogen and oxygen atoms in total. The fourth-order valence-electron chi connectivity index (χ4n) is 20.6. The molecule has 15 rings (SSSR count). The summed E-state index contributed by atoms with van der Waals surface area (Å²) >= 11 is 18.4. The molecule has 0 saturated carbocycles. The van der Waals surface area contributed by atoms with Crippen LogP contribution in [0.2, 0.25) is 0 Å². The highest BCUT2D eigenvalue weighted by Gasteiger charge is 2.52. The standard InChI is InChI=1S/C114H146N4O4S10/c1-15-29-37-39-47-79-63-95(123-71-79)85-53-57-91(127-85)105-101-103(113(121)115(105)67-75(25-11)43-33-19-5)107(117(111(101)119)69-77(27-13)45-35-21-7)93-59-55-87(129-93)97-65-83-99(89-51-49-81(125-89)61-73(23-9)41-31-17-3)110-84(100(109(83)131-97)90-52-50-82(126-90)62-74(24-10)42-32-18-4)66-98(132-110)88-56-60-94(130-88)108-104-102(112(120)118(108)70-78(28-14)46-36-22-8)106(116(114(104)122)68-76(26-12)44-34-20-6)92-58-54-86(128-92)96-64-80(72-124-96)48-40-38-30-16-2/h49-60,63-66,71-78H,15-48,61-62,67-70H2,1-14H3. The summed E-state index contributed by atoms with van der Waals surface area (Å²) in [4.78, 5) is 92.6. The second-order valence-corrected chi connectivity index (χ2v) is 49.0. The molecule has 0 saturated heterocycles. The average molecular weight is 1960 g/mol. The van der Waals surface area contributed by atoms with Crippen LogP contribution in [0.3, 0.4) is 0 Å². The minimum absolute atomic E-state index is 0.0335. The normalized spacial score (nSPS) is 15.8. The van der Waals surface area contributed by atoms with Crippen molar-refractivity contribution in [2.24, 2.45) is 35.5 Å². The summed E-state index contributed by atoms with van der Waals surface area (Å²) < 4.78 is 2.55. The van der Waals surface area contributed by atoms with Gasteiger partial charge in [-0.15, -0.1) is 113 Å². The average Bonchev–Trinajstić information content (AvgIpc) is 1.56. The molecule has 11 aromatic rings. The summed E-state index contributed by atoms with van der Waals surface area (Å²) in [6.45, 7) is 34.4. The van der Waals surface area contributed by atoms with Gasteiger partial charge in [-0.05, 0) is 219 Å². The van der Waals surface area contributed by atoms with Gasteiger partial charge in [-0.2, -0.15) is 0 Å². The molecule has 4 amide bonds. The van der Waals surface area contributed by atoms with E-state index >= 15 is 19.2 Å². The Kier molecular flexibility index (Phi) is 36.2. The first kappa shape index (κ1) is 100. The molecule has 1 aromatic carbocycles. The maximum Gasteiger partial charge on any atom is 0.261 e. The van der Waals surface area contributed by atoms with E-state index in [0.717, 1.165) is 193 Å². The van der Waals surface area contributed by atoms with E-state index in [4.69, 9.17) is 0 Å². The van der Waals surface area contributed by atoms with E-state index in [2.05, 4.69) is 224 Å². The number of hydrogen-bond acceptors (Lipinski definition) is 14. The molecule has 10 aromatic heterocycles. The minimum atomic E-state index is -0.0335. The number of carbonyl (C=O) groups is 4. The lowest BCUT2D eigenvalue weighted by atomic mass is 9.95. The van der Waals surface area contributed by atoms with Crippen LogP contribution in [0.4, 0.5) is 0 Å². The zero-order valence-corrected chi connectivity index (χ0v) is 89.8. The Morgan fingerprint density at radius 2 is 0.515 bits per heavy atom. The van der Waals surface area contributed by atoms with Crippen LogP contribution in [-0.4, -0.2) is 69.4 Å². The molecule has 0 bridgehead atoms. The highest BCUT2D eigenvalue weighted by molar-refractivity contribution is 7.30. The molecule has 14 heterocycles. The Labute approximate surface area is 831 Å². The summed E-state index contributed by atoms with van der Waals surface area (Å²) in [5.74, 6) is 2.19. The fourth-order valence-corrected chi connectivity index (χ4v) is 32.1. The summed E-state index contributed by atoms with van der Waals surface area (Å²) in [7, 11) is 0. The van der Waals surface area contributed by atoms with Crippen molar-refractivity contribution in [1.29, 1.82) is 0 Å². The van der Waals surface area contributed by atoms with Crippen LogP contribution in [0.1, 0.15) is 343 Å². The van der Waals surface area contributed by atoms with Crippen LogP contribution >= 0.6 is 113 Å². The maximum absolute atomic E-state index is 16.4. The van der Waals surface area contributed by atoms with Crippen molar-refractivity contribution >= 4 is 180 Å². The number of carbonyl (C=O) groups excluding carboxylic acids is 4. The Hall–Kier alpha value is -6.42. The summed E-state index contributed by atoms with van der Waals surface area (Å²) in [5.41, 5.74) is 10.9. The van der Waals surface area contributed by atoms with E-state index < -0.39 is 0 Å². The zero-order valence-electron chi connectivity index (χ0n) is 81.6. The molecule has 0 radical (unpaired) electrons. The Morgan fingerprint density at radius 1 is 0.250 bits per heavy atom. The van der Waals surface area contributed by atoms with Crippen molar-refractivity contribution < 1.29 is 19.2 Å². The predicted octanol–water partition coefficient (Wildman–Crippen LogP) is 36.9. The lowest BCUT2D eigenvalue weighted by molar-refractivity contribution is -0.124. The number of amides is 4. The summed E-state index contributed by atoms with van der Waals surface area (Å²) in [6.07, 6.45) is 40.4. The molecule has 4 aliphatic rings. The molecule has 6 unspecified atom stereocenters. The fraction of sp³-hybridized carbons (Fsp3) is 0.526. The lowest BCUT2D eigenvalue weighted by Crippen LogP contribution is -2.34. The molecule has 18 heteroatoms. The second kappa shape index (κ2) is 47.8. The second-order valence-electron chi connectivity index (χ2n) is 38.4. The van der Waals surface area contributed by atoms with Gasteiger partial charge >= 0.3 is 0 Å². The van der Waals surface area contributed by atoms with Crippen molar-refractivity contribution in [3.8, 4) is 59.9 Å². The van der Waals surface area contributed by atoms with Crippen LogP contribution < -0.4 is 0 Å². The molecule has 4 aliphatic heterocycles. The molecule has 132 heavy (non-hydrogen) atoms. The van der Waals surface area contributed by atoms with Gasteiger partial charge in [0.25, 0.3) is 23.6 Å². The number of aryl methyl sites for hydroxylation is 2. The van der Waals surface area contributed by atoms with Crippen molar-refractivity contribution in [1.82, 2.24) is 19.6 Å². The number of rotatable bonds is 56. The van der Waals surface area contributed by atoms with Crippen LogP contribution in [-0.2, 0) is 44.9 Å². The van der Waals surface area contributed by atoms with Gasteiger partial charge in [0.2, 0.25) is 0 Å². The predicted molar refractivity (Wildman–Crippen MR) is 583 cm³/mol. The van der Waals surface area contributed by atoms with Crippen molar-refractivity contribution in [2.75, 3.05) is 26.2 Å². The topological polar surface area (TPSA) is 81.2 Å². The quantitative estimate of drug-likeness (QED) is 0.0356. The zero-order chi connectivity index (χ0) is 92.6. The number of thiophene rings is 10. The maximum atomic E-state index is 16.4. The highest BCUT2D eigenvalue weighted by atomic mass is 32.1. The van der Waals surface area contributed by atoms with Gasteiger partial charge in [-0.25, -0.2) is 0 Å². The van der Waals surface area contributed by atoms with Gasteiger partial charge in [0.15, 0.2) is 0 Å². The third kappa shape index (κ3) is 22.1. The van der Waals surface area contributed by atoms with E-state index in [0.29, 0.717) is 60.3 Å². The van der Waals surface area contributed by atoms with Crippen LogP contribution in [0, 0.1) is 35.5 Å². The Morgan fingerprint density at radius 3 is 0.795 bits per heavy atom. The number of unbranched alkanes of at least 4 members (excludes halogenated alkanes) is 12. The third-order valence-corrected chi connectivity index (χ3v) is 40.6. The molecule has 6 atom stereocenters. The van der Waals surface area contributed by atoms with Gasteiger partial charge < -0.3 is 19.6 Å². The van der Waals surface area contributed by atoms with E-state index in [1.165, 1.54) is 181 Å². The van der Waals surface area contributed by atoms with Crippen molar-refractivity contribution in [3.63, 3.8) is 0 Å². The minimum Gasteiger partial charge on any atom is -0.306 e. The smallest absolute Gasteiger partial charge is 0.261 e. The third-order valence-electron chi connectivity index (χ3n) is 28.9. The molecule has 0 fully saturated rings. The Bertz CT molecular complexity index is 5460. The molecule has 0 N–H and O–H groups in total. The first-order valence-electron chi connectivity index (χ1n) is 51.5. The number of hydrogen-bond donors (Lipinski definition) is 0. The largest absolute Gasteiger partial charge is 0.306 e. The molecular formula is C114H146N4O4S10. The van der Waals surface area contributed by atoms with Gasteiger partial charge in [0.1, 0.15) is 0 Å². The lowest BCUT2D eigenvalue weighted by Gasteiger charge is -2.29. The van der Waals surface area contributed by atoms with E-state index in [-0.39, 0.29) is 47.3 Å². The first-order chi connectivity index (χ1) is 64.5. The van der Waals surface area contributed by atoms with Gasteiger partial charge in [-0.1, -0.05) is 264 Å². The molecular weight excluding hydrogens is 1810 g/mol. The number of fused-ring (bicyclic) bond motifs is 4. The molecule has 706 valence electrons. The van der Waals surface area contributed by atoms with Crippen molar-refractivity contribution in [2.45, 2.75) is 328 Å². The summed E-state index contributed by atoms with van der Waals surface area (Å²) in [5, 5.41) is 7.19. The SMILES string of the molecule is CCCCCCc1csc(-c2ccc(C3=C4C(=O)N(CC(CC)CCCC)C(c5ccc(-c6cc7c(-c8ccc(CC(CC)CCCC)s8)c8sc(-c9ccc(C%10=C%11C(=O)N(CC(CC)CCCC)C(c%12ccc(-c%13cc(CCCCCC)cs%13)s%12)=C%11C(=O)N%10CC(CC)CCCC)s9)cc8c(-c8ccc(CC(CC)CCCC)s8)c7s6)s5)=C4C(=O)N3CC(CC)CCCC)s2)c1. The van der Waals surface area contributed by atoms with Crippen LogP contribution in [0.25, 0.3) is 103 Å².